The van der Waals surface area contributed by atoms with Gasteiger partial charge in [-0.15, -0.1) is 0 Å². The maximum atomic E-state index is 11.1. The van der Waals surface area contributed by atoms with Gasteiger partial charge in [-0.3, -0.25) is 0 Å². The number of allylic oxidation sites excluding steroid dienone is 2. The molecule has 27 heavy (non-hydrogen) atoms. The normalized spacial score (nSPS) is 14.0. The van der Waals surface area contributed by atoms with Gasteiger partial charge in [0.05, 0.1) is 0 Å². The fourth-order valence-corrected chi connectivity index (χ4v) is 3.60. The van der Waals surface area contributed by atoms with Crippen molar-refractivity contribution in [3.05, 3.63) is 88.0 Å². The van der Waals surface area contributed by atoms with Crippen LogP contribution in [0.25, 0.3) is 16.9 Å². The summed E-state index contributed by atoms with van der Waals surface area (Å²) >= 11 is 0. The third-order valence-corrected chi connectivity index (χ3v) is 5.22. The largest absolute Gasteiger partial charge is 0.493 e. The van der Waals surface area contributed by atoms with E-state index in [9.17, 15) is 5.53 Å². The second-order valence-corrected chi connectivity index (χ2v) is 7.49. The highest BCUT2D eigenvalue weighted by Crippen LogP contribution is 2.37. The van der Waals surface area contributed by atoms with Gasteiger partial charge in [0.1, 0.15) is 0 Å². The predicted octanol–water partition coefficient (Wildman–Crippen LogP) is 7.33. The van der Waals surface area contributed by atoms with E-state index in [4.69, 9.17) is 0 Å². The molecule has 0 fully saturated rings. The van der Waals surface area contributed by atoms with Gasteiger partial charge >= 0.3 is 0 Å². The number of nitrogens with zero attached hydrogens (tertiary/aromatic N) is 2. The molecule has 1 aliphatic heterocycles. The Morgan fingerprint density at radius 1 is 0.852 bits per heavy atom. The number of unbranched alkanes of at least 4 members (excludes halogenated alkanes) is 2. The minimum atomic E-state index is 0.884. The number of aryl methyl sites for hydroxylation is 2. The van der Waals surface area contributed by atoms with Crippen molar-refractivity contribution >= 4 is 11.4 Å². The van der Waals surface area contributed by atoms with Crippen LogP contribution < -0.4 is 0 Å². The fraction of sp³-hybridized carbons (Fsp3) is 0.360. The molecule has 0 amide bonds. The van der Waals surface area contributed by atoms with Crippen LogP contribution in [-0.4, -0.2) is 4.70 Å². The first-order valence-corrected chi connectivity index (χ1v) is 10.2. The second-order valence-electron chi connectivity index (χ2n) is 7.49. The highest BCUT2D eigenvalue weighted by Gasteiger charge is 2.28. The number of hydrogen-bond donors (Lipinski definition) is 0. The lowest BCUT2D eigenvalue weighted by atomic mass is 10.0. The van der Waals surface area contributed by atoms with Crippen molar-refractivity contribution in [1.29, 1.82) is 0 Å². The van der Waals surface area contributed by atoms with Gasteiger partial charge in [-0.2, -0.15) is 0 Å². The average Bonchev–Trinajstić information content (AvgIpc) is 3.02. The van der Waals surface area contributed by atoms with Crippen LogP contribution in [-0.2, 0) is 6.42 Å². The van der Waals surface area contributed by atoms with Gasteiger partial charge in [0, 0.05) is 22.8 Å². The standard InChI is InChI=1S/C25H30N2/c1-4-6-9-20-10-8-12-22(17-20)24-18-23(11-7-5-2)25(27(24)26)21-15-13-19(3)14-16-21/h8,10,12-18H,4-7,9,11H2,1-3H3. The molecule has 0 atom stereocenters. The lowest BCUT2D eigenvalue weighted by Gasteiger charge is -2.10. The van der Waals surface area contributed by atoms with Crippen molar-refractivity contribution in [1.82, 2.24) is 0 Å². The topological polar surface area (TPSA) is 25.3 Å². The molecule has 0 aromatic heterocycles. The first-order chi connectivity index (χ1) is 13.1. The molecule has 0 aliphatic carbocycles. The molecular weight excluding hydrogens is 328 g/mol. The van der Waals surface area contributed by atoms with Gasteiger partial charge in [-0.1, -0.05) is 56.5 Å². The molecule has 2 aromatic carbocycles. The molecular formula is C25H30N2. The monoisotopic (exact) mass is 358 g/mol. The summed E-state index contributed by atoms with van der Waals surface area (Å²) in [7, 11) is 0. The molecule has 2 nitrogen and oxygen atoms in total. The van der Waals surface area contributed by atoms with Gasteiger partial charge in [0.25, 0.3) is 0 Å². The van der Waals surface area contributed by atoms with Crippen molar-refractivity contribution in [2.45, 2.75) is 59.3 Å². The molecule has 140 valence electrons. The van der Waals surface area contributed by atoms with Crippen LogP contribution in [0, 0.1) is 6.92 Å². The van der Waals surface area contributed by atoms with E-state index in [0.717, 1.165) is 48.2 Å². The van der Waals surface area contributed by atoms with Gasteiger partial charge in [0.15, 0.2) is 0 Å². The Morgan fingerprint density at radius 2 is 1.56 bits per heavy atom. The van der Waals surface area contributed by atoms with Crippen molar-refractivity contribution in [3.8, 4) is 0 Å². The van der Waals surface area contributed by atoms with Crippen LogP contribution in [0.5, 0.6) is 0 Å². The van der Waals surface area contributed by atoms with Crippen LogP contribution >= 0.6 is 0 Å². The van der Waals surface area contributed by atoms with Crippen molar-refractivity contribution in [3.63, 3.8) is 0 Å². The van der Waals surface area contributed by atoms with E-state index < -0.39 is 0 Å². The van der Waals surface area contributed by atoms with E-state index in [1.54, 1.807) is 0 Å². The summed E-state index contributed by atoms with van der Waals surface area (Å²) in [5, 5.41) is 0. The zero-order chi connectivity index (χ0) is 19.2. The highest BCUT2D eigenvalue weighted by molar-refractivity contribution is 5.78. The minimum absolute atomic E-state index is 0.884. The first kappa shape index (κ1) is 19.3. The van der Waals surface area contributed by atoms with E-state index in [0.29, 0.717) is 0 Å². The number of benzene rings is 2. The Hall–Kier alpha value is -2.48. The third kappa shape index (κ3) is 4.44. The van der Waals surface area contributed by atoms with Gasteiger partial charge in [-0.25, -0.2) is 4.70 Å². The number of hydrogen-bond acceptors (Lipinski definition) is 0. The maximum Gasteiger partial charge on any atom is 0.210 e. The van der Waals surface area contributed by atoms with Crippen molar-refractivity contribution in [2.75, 3.05) is 0 Å². The Kier molecular flexibility index (Phi) is 6.39. The Bertz CT molecular complexity index is 869. The van der Waals surface area contributed by atoms with E-state index >= 15 is 0 Å². The quantitative estimate of drug-likeness (QED) is 0.441. The van der Waals surface area contributed by atoms with Crippen molar-refractivity contribution in [2.24, 2.45) is 0 Å². The maximum absolute atomic E-state index is 11.1. The average molecular weight is 359 g/mol. The summed E-state index contributed by atoms with van der Waals surface area (Å²) in [6.07, 6.45) is 8.90. The lowest BCUT2D eigenvalue weighted by Crippen LogP contribution is -2.02. The Balaban J connectivity index is 1.95. The van der Waals surface area contributed by atoms with Gasteiger partial charge in [-0.05, 0) is 62.4 Å². The molecule has 1 aliphatic rings. The summed E-state index contributed by atoms with van der Waals surface area (Å²) in [4.78, 5) is 0. The summed E-state index contributed by atoms with van der Waals surface area (Å²) < 4.78 is 1.40. The van der Waals surface area contributed by atoms with Gasteiger partial charge in [0.2, 0.25) is 11.4 Å². The molecule has 2 aromatic rings. The van der Waals surface area contributed by atoms with E-state index in [2.05, 4.69) is 75.4 Å². The SMILES string of the molecule is CCCCC1=C(c2ccc(C)cc2)[N+](=[N-])C(c2cccc(CCCC)c2)=C1. The van der Waals surface area contributed by atoms with E-state index in [1.807, 2.05) is 0 Å². The van der Waals surface area contributed by atoms with Crippen LogP contribution in [0.1, 0.15) is 68.2 Å². The molecule has 0 radical (unpaired) electrons. The van der Waals surface area contributed by atoms with Crippen LogP contribution in [0.15, 0.2) is 60.2 Å². The molecule has 0 saturated heterocycles. The molecule has 1 heterocycles. The van der Waals surface area contributed by atoms with Crippen molar-refractivity contribution < 1.29 is 4.70 Å². The Morgan fingerprint density at radius 3 is 2.26 bits per heavy atom. The second kappa shape index (κ2) is 8.94. The summed E-state index contributed by atoms with van der Waals surface area (Å²) in [6.45, 7) is 6.52. The molecule has 0 bridgehead atoms. The minimum Gasteiger partial charge on any atom is -0.493 e. The molecule has 2 heteroatoms. The lowest BCUT2D eigenvalue weighted by molar-refractivity contribution is -0.344. The molecule has 0 N–H and O–H groups in total. The first-order valence-electron chi connectivity index (χ1n) is 10.2. The number of rotatable bonds is 8. The van der Waals surface area contributed by atoms with Gasteiger partial charge < -0.3 is 5.53 Å². The molecule has 3 rings (SSSR count). The third-order valence-electron chi connectivity index (χ3n) is 5.22. The van der Waals surface area contributed by atoms with Crippen LogP contribution in [0.2, 0.25) is 0 Å². The summed E-state index contributed by atoms with van der Waals surface area (Å²) in [5.74, 6) is 0. The van der Waals surface area contributed by atoms with E-state index in [-0.39, 0.29) is 0 Å². The zero-order valence-corrected chi connectivity index (χ0v) is 16.8. The van der Waals surface area contributed by atoms with Crippen LogP contribution in [0.3, 0.4) is 0 Å². The van der Waals surface area contributed by atoms with Crippen LogP contribution in [0.4, 0.5) is 0 Å². The van der Waals surface area contributed by atoms with E-state index in [1.165, 1.54) is 34.2 Å². The Labute approximate surface area is 163 Å². The highest BCUT2D eigenvalue weighted by atomic mass is 15.2. The smallest absolute Gasteiger partial charge is 0.210 e. The zero-order valence-electron chi connectivity index (χ0n) is 16.8. The molecule has 0 saturated carbocycles. The predicted molar refractivity (Wildman–Crippen MR) is 114 cm³/mol. The fourth-order valence-electron chi connectivity index (χ4n) is 3.60. The molecule has 0 unspecified atom stereocenters. The molecule has 0 spiro atoms. The summed E-state index contributed by atoms with van der Waals surface area (Å²) in [6, 6.07) is 17.0. The summed E-state index contributed by atoms with van der Waals surface area (Å²) in [5.41, 5.74) is 18.8.